The highest BCUT2D eigenvalue weighted by molar-refractivity contribution is 5.96. The molecule has 160 valence electrons. The zero-order valence-corrected chi connectivity index (χ0v) is 16.1. The third-order valence-electron chi connectivity index (χ3n) is 5.26. The van der Waals surface area contributed by atoms with E-state index < -0.39 is 35.8 Å². The molecule has 0 radical (unpaired) electrons. The van der Waals surface area contributed by atoms with E-state index in [0.717, 1.165) is 0 Å². The van der Waals surface area contributed by atoms with Crippen molar-refractivity contribution >= 4 is 40.4 Å². The zero-order chi connectivity index (χ0) is 21.8. The number of carbonyl (C=O) groups excluding carboxylic acids is 1. The normalized spacial score (nSPS) is 18.1. The highest BCUT2D eigenvalue weighted by atomic mass is 16.4. The van der Waals surface area contributed by atoms with E-state index in [9.17, 15) is 29.4 Å². The van der Waals surface area contributed by atoms with Crippen LogP contribution in [0.3, 0.4) is 0 Å². The minimum atomic E-state index is -1.06. The number of carbonyl (C=O) groups is 4. The van der Waals surface area contributed by atoms with Gasteiger partial charge in [-0.1, -0.05) is 6.07 Å². The van der Waals surface area contributed by atoms with Gasteiger partial charge in [-0.2, -0.15) is 0 Å². The van der Waals surface area contributed by atoms with Crippen molar-refractivity contribution in [2.24, 2.45) is 5.92 Å². The summed E-state index contributed by atoms with van der Waals surface area (Å²) in [4.78, 5) is 50.5. The van der Waals surface area contributed by atoms with Gasteiger partial charge < -0.3 is 25.6 Å². The summed E-state index contributed by atoms with van der Waals surface area (Å²) in [6.07, 6.45) is 2.30. The summed E-state index contributed by atoms with van der Waals surface area (Å²) < 4.78 is 0. The van der Waals surface area contributed by atoms with Crippen LogP contribution < -0.4 is 5.32 Å². The molecule has 1 amide bonds. The first-order valence-electron chi connectivity index (χ1n) is 9.58. The number of aliphatic carboxylic acids is 3. The zero-order valence-electron chi connectivity index (χ0n) is 16.1. The van der Waals surface area contributed by atoms with E-state index in [1.807, 2.05) is 0 Å². The number of likely N-dealkylation sites (tertiary alicyclic amines) is 1. The monoisotopic (exact) mass is 417 g/mol. The molecule has 1 fully saturated rings. The van der Waals surface area contributed by atoms with Gasteiger partial charge >= 0.3 is 17.9 Å². The molecule has 3 rings (SSSR count). The van der Waals surface area contributed by atoms with Gasteiger partial charge in [0.15, 0.2) is 0 Å². The quantitative estimate of drug-likeness (QED) is 0.435. The lowest BCUT2D eigenvalue weighted by Gasteiger charge is -2.34. The second kappa shape index (κ2) is 8.95. The molecule has 10 nitrogen and oxygen atoms in total. The fourth-order valence-electron chi connectivity index (χ4n) is 3.82. The van der Waals surface area contributed by atoms with Crippen LogP contribution in [-0.4, -0.2) is 62.1 Å². The fraction of sp³-hybridized carbons (Fsp3) is 0.400. The summed E-state index contributed by atoms with van der Waals surface area (Å²) in [5, 5.41) is 31.1. The number of benzene rings is 1. The molecule has 30 heavy (non-hydrogen) atoms. The third kappa shape index (κ3) is 4.77. The van der Waals surface area contributed by atoms with Gasteiger partial charge in [-0.15, -0.1) is 0 Å². The molecule has 0 aliphatic carbocycles. The Morgan fingerprint density at radius 3 is 2.60 bits per heavy atom. The molecule has 5 N–H and O–H groups in total. The number of nitrogens with one attached hydrogen (secondary N) is 2. The number of aromatic amines is 1. The van der Waals surface area contributed by atoms with Gasteiger partial charge in [0.05, 0.1) is 12.3 Å². The largest absolute Gasteiger partial charge is 0.481 e. The Morgan fingerprint density at radius 1 is 1.17 bits per heavy atom. The number of aromatic nitrogens is 1. The van der Waals surface area contributed by atoms with E-state index in [1.54, 1.807) is 29.3 Å². The summed E-state index contributed by atoms with van der Waals surface area (Å²) in [5.41, 5.74) is 1.59. The molecule has 1 aromatic heterocycles. The smallest absolute Gasteiger partial charge is 0.325 e. The van der Waals surface area contributed by atoms with Gasteiger partial charge in [0.1, 0.15) is 6.04 Å². The topological polar surface area (TPSA) is 160 Å². The number of piperidine rings is 1. The number of nitrogens with zero attached hydrogens (tertiary/aromatic N) is 1. The third-order valence-corrected chi connectivity index (χ3v) is 5.26. The van der Waals surface area contributed by atoms with Crippen molar-refractivity contribution in [1.82, 2.24) is 9.88 Å². The molecule has 0 bridgehead atoms. The number of hydrogen-bond donors (Lipinski definition) is 5. The van der Waals surface area contributed by atoms with E-state index in [4.69, 9.17) is 5.11 Å². The summed E-state index contributed by atoms with van der Waals surface area (Å²) in [6.45, 7) is 0.655. The van der Waals surface area contributed by atoms with Gasteiger partial charge in [-0.25, -0.2) is 0 Å². The number of fused-ring (bicyclic) bond motifs is 1. The Balaban J connectivity index is 1.82. The fourth-order valence-corrected chi connectivity index (χ4v) is 3.82. The molecule has 1 saturated heterocycles. The maximum atomic E-state index is 12.0. The molecule has 0 saturated carbocycles. The van der Waals surface area contributed by atoms with Gasteiger partial charge in [-0.3, -0.25) is 24.1 Å². The number of amides is 1. The predicted molar refractivity (Wildman–Crippen MR) is 106 cm³/mol. The molecule has 10 heteroatoms. The lowest BCUT2D eigenvalue weighted by molar-refractivity contribution is -0.149. The van der Waals surface area contributed by atoms with Crippen LogP contribution in [0.15, 0.2) is 24.4 Å². The number of H-pyrrole nitrogens is 1. The van der Waals surface area contributed by atoms with Crippen LogP contribution in [0.4, 0.5) is 5.69 Å². The molecule has 0 spiro atoms. The Hall–Kier alpha value is -3.40. The van der Waals surface area contributed by atoms with Gasteiger partial charge in [0.25, 0.3) is 0 Å². The maximum Gasteiger partial charge on any atom is 0.325 e. The average molecular weight is 417 g/mol. The van der Waals surface area contributed by atoms with Crippen molar-refractivity contribution in [3.8, 4) is 0 Å². The van der Waals surface area contributed by atoms with Crippen molar-refractivity contribution in [3.63, 3.8) is 0 Å². The maximum absolute atomic E-state index is 12.0. The van der Waals surface area contributed by atoms with Crippen LogP contribution in [0.25, 0.3) is 10.9 Å². The summed E-state index contributed by atoms with van der Waals surface area (Å²) in [5.74, 6) is -4.07. The first kappa shape index (κ1) is 21.3. The minimum Gasteiger partial charge on any atom is -0.481 e. The lowest BCUT2D eigenvalue weighted by Crippen LogP contribution is -2.43. The van der Waals surface area contributed by atoms with Crippen molar-refractivity contribution in [1.29, 1.82) is 0 Å². The van der Waals surface area contributed by atoms with Gasteiger partial charge in [0.2, 0.25) is 5.91 Å². The molecule has 2 atom stereocenters. The van der Waals surface area contributed by atoms with Crippen LogP contribution >= 0.6 is 0 Å². The Kier molecular flexibility index (Phi) is 6.36. The van der Waals surface area contributed by atoms with Crippen molar-refractivity contribution in [2.45, 2.75) is 31.7 Å². The van der Waals surface area contributed by atoms with E-state index in [2.05, 4.69) is 10.3 Å². The molecular weight excluding hydrogens is 394 g/mol. The van der Waals surface area contributed by atoms with Crippen LogP contribution in [0.1, 0.15) is 37.3 Å². The first-order valence-corrected chi connectivity index (χ1v) is 9.58. The molecule has 1 aliphatic rings. The average Bonchev–Trinajstić information content (AvgIpc) is 3.09. The predicted octanol–water partition coefficient (Wildman–Crippen LogP) is 1.89. The van der Waals surface area contributed by atoms with Crippen molar-refractivity contribution < 1.29 is 34.5 Å². The van der Waals surface area contributed by atoms with Gasteiger partial charge in [-0.05, 0) is 31.5 Å². The second-order valence-electron chi connectivity index (χ2n) is 7.36. The van der Waals surface area contributed by atoms with Crippen LogP contribution in [0.5, 0.6) is 0 Å². The van der Waals surface area contributed by atoms with Crippen LogP contribution in [0, 0.1) is 5.92 Å². The minimum absolute atomic E-state index is 0.149. The van der Waals surface area contributed by atoms with E-state index in [1.165, 1.54) is 0 Å². The molecular formula is C20H23N3O7. The number of rotatable bonds is 8. The molecule has 2 heterocycles. The summed E-state index contributed by atoms with van der Waals surface area (Å²) >= 11 is 0. The SMILES string of the molecule is O=C(O)CCC(=O)Nc1ccc2c([C@H](C(=O)O)N3CCC[C@H](C(=O)O)C3)c[nH]c2c1. The lowest BCUT2D eigenvalue weighted by atomic mass is 9.94. The molecule has 0 unspecified atom stereocenters. The number of anilines is 1. The highest BCUT2D eigenvalue weighted by Gasteiger charge is 2.35. The van der Waals surface area contributed by atoms with E-state index >= 15 is 0 Å². The van der Waals surface area contributed by atoms with E-state index in [-0.39, 0.29) is 19.4 Å². The Labute approximate surface area is 171 Å². The molecule has 1 aliphatic heterocycles. The summed E-state index contributed by atoms with van der Waals surface area (Å²) in [6, 6.07) is 3.96. The number of carboxylic acid groups (broad SMARTS) is 3. The van der Waals surface area contributed by atoms with Crippen molar-refractivity contribution in [2.75, 3.05) is 18.4 Å². The molecule has 1 aromatic carbocycles. The first-order chi connectivity index (χ1) is 14.3. The van der Waals surface area contributed by atoms with Crippen LogP contribution in [0.2, 0.25) is 0 Å². The Bertz CT molecular complexity index is 984. The van der Waals surface area contributed by atoms with Crippen molar-refractivity contribution in [3.05, 3.63) is 30.0 Å². The highest BCUT2D eigenvalue weighted by Crippen LogP contribution is 2.33. The number of hydrogen-bond acceptors (Lipinski definition) is 5. The van der Waals surface area contributed by atoms with E-state index in [0.29, 0.717) is 41.5 Å². The Morgan fingerprint density at radius 2 is 1.93 bits per heavy atom. The van der Waals surface area contributed by atoms with Gasteiger partial charge in [0, 0.05) is 41.3 Å². The summed E-state index contributed by atoms with van der Waals surface area (Å²) in [7, 11) is 0. The number of carboxylic acids is 3. The standard InChI is InChI=1S/C20H23N3O7/c24-16(5-6-17(25)26)22-12-3-4-13-14(9-21-15(13)8-12)18(20(29)30)23-7-1-2-11(10-23)19(27)28/h3-4,8-9,11,18,21H,1-2,5-7,10H2,(H,22,24)(H,25,26)(H,27,28)(H,29,30)/t11-,18+/m0/s1. The second-order valence-corrected chi connectivity index (χ2v) is 7.36. The van der Waals surface area contributed by atoms with Crippen LogP contribution in [-0.2, 0) is 19.2 Å². The molecule has 2 aromatic rings.